The van der Waals surface area contributed by atoms with Crippen LogP contribution in [0.25, 0.3) is 0 Å². The summed E-state index contributed by atoms with van der Waals surface area (Å²) in [5.74, 6) is 0.121. The maximum absolute atomic E-state index is 12.0. The van der Waals surface area contributed by atoms with Crippen molar-refractivity contribution in [2.45, 2.75) is 32.4 Å². The van der Waals surface area contributed by atoms with Gasteiger partial charge < -0.3 is 11.1 Å². The molecular weight excluding hydrogens is 338 g/mol. The second-order valence-electron chi connectivity index (χ2n) is 5.83. The van der Waals surface area contributed by atoms with Crippen molar-refractivity contribution in [2.75, 3.05) is 20.1 Å². The van der Waals surface area contributed by atoms with E-state index in [1.807, 2.05) is 13.8 Å². The van der Waals surface area contributed by atoms with Crippen LogP contribution in [0.5, 0.6) is 0 Å². The zero-order valence-electron chi connectivity index (χ0n) is 12.1. The third-order valence-corrected chi connectivity index (χ3v) is 5.81. The van der Waals surface area contributed by atoms with Gasteiger partial charge in [0.05, 0.1) is 11.5 Å². The molecule has 1 fully saturated rings. The van der Waals surface area contributed by atoms with Gasteiger partial charge in [-0.15, -0.1) is 11.3 Å². The average molecular weight is 360 g/mol. The summed E-state index contributed by atoms with van der Waals surface area (Å²) in [6.07, 6.45) is 0.877. The number of nitrogens with zero attached hydrogens (tertiary/aromatic N) is 1. The Hall–Kier alpha value is -0.430. The van der Waals surface area contributed by atoms with Crippen LogP contribution in [-0.2, 0) is 4.79 Å². The summed E-state index contributed by atoms with van der Waals surface area (Å²) >= 11 is 5.22. The Morgan fingerprint density at radius 2 is 2.35 bits per heavy atom. The van der Waals surface area contributed by atoms with Crippen LogP contribution in [0.2, 0.25) is 0 Å². The molecule has 3 unspecified atom stereocenters. The lowest BCUT2D eigenvalue weighted by Gasteiger charge is -2.31. The van der Waals surface area contributed by atoms with Crippen molar-refractivity contribution >= 4 is 33.2 Å². The van der Waals surface area contributed by atoms with Gasteiger partial charge in [0.25, 0.3) is 0 Å². The highest BCUT2D eigenvalue weighted by Gasteiger charge is 2.43. The molecule has 0 radical (unpaired) electrons. The molecule has 1 aromatic heterocycles. The van der Waals surface area contributed by atoms with Gasteiger partial charge in [-0.2, -0.15) is 0 Å². The number of hydrogen-bond acceptors (Lipinski definition) is 4. The minimum atomic E-state index is -0.309. The Bertz CT molecular complexity index is 491. The molecule has 0 bridgehead atoms. The summed E-state index contributed by atoms with van der Waals surface area (Å²) in [4.78, 5) is 15.6. The molecule has 2 heterocycles. The fourth-order valence-corrected chi connectivity index (χ4v) is 4.67. The van der Waals surface area contributed by atoms with Crippen LogP contribution < -0.4 is 11.1 Å². The van der Waals surface area contributed by atoms with Crippen LogP contribution in [-0.4, -0.2) is 37.0 Å². The first-order valence-corrected chi connectivity index (χ1v) is 8.50. The molecule has 0 spiro atoms. The number of halogens is 1. The Kier molecular flexibility index (Phi) is 4.89. The van der Waals surface area contributed by atoms with Crippen molar-refractivity contribution in [1.82, 2.24) is 10.2 Å². The van der Waals surface area contributed by atoms with Gasteiger partial charge in [0.2, 0.25) is 5.91 Å². The van der Waals surface area contributed by atoms with Crippen molar-refractivity contribution in [3.63, 3.8) is 0 Å². The third-order valence-electron chi connectivity index (χ3n) is 4.05. The predicted octanol–water partition coefficient (Wildman–Crippen LogP) is 2.36. The molecule has 2 rings (SSSR count). The third kappa shape index (κ3) is 3.08. The second kappa shape index (κ2) is 6.13. The Morgan fingerprint density at radius 1 is 1.65 bits per heavy atom. The molecule has 1 amide bonds. The number of carbonyl (C=O) groups is 1. The normalized spacial score (nSPS) is 26.4. The highest BCUT2D eigenvalue weighted by molar-refractivity contribution is 9.10. The van der Waals surface area contributed by atoms with Crippen LogP contribution in [0.4, 0.5) is 0 Å². The van der Waals surface area contributed by atoms with E-state index < -0.39 is 0 Å². The molecule has 4 nitrogen and oxygen atoms in total. The molecule has 3 atom stereocenters. The Labute approximate surface area is 132 Å². The van der Waals surface area contributed by atoms with Crippen LogP contribution in [0.1, 0.15) is 31.2 Å². The van der Waals surface area contributed by atoms with Crippen LogP contribution in [0.15, 0.2) is 15.9 Å². The first-order valence-electron chi connectivity index (χ1n) is 6.83. The maximum Gasteiger partial charge on any atom is 0.227 e. The molecule has 6 heteroatoms. The molecule has 0 saturated carbocycles. The van der Waals surface area contributed by atoms with Crippen LogP contribution in [0, 0.1) is 5.41 Å². The van der Waals surface area contributed by atoms with E-state index in [9.17, 15) is 4.79 Å². The van der Waals surface area contributed by atoms with E-state index in [0.29, 0.717) is 0 Å². The average Bonchev–Trinajstić information content (AvgIpc) is 2.97. The summed E-state index contributed by atoms with van der Waals surface area (Å²) in [6.45, 7) is 5.74. The molecular formula is C14H22BrN3OS. The number of likely N-dealkylation sites (tertiary alicyclic amines) is 1. The summed E-state index contributed by atoms with van der Waals surface area (Å²) < 4.78 is 1.09. The fraction of sp³-hybridized carbons (Fsp3) is 0.643. The molecule has 1 aliphatic rings. The summed E-state index contributed by atoms with van der Waals surface area (Å²) in [7, 11) is 1.70. The molecule has 112 valence electrons. The zero-order chi connectivity index (χ0) is 14.9. The molecule has 0 aromatic carbocycles. The maximum atomic E-state index is 12.0. The number of hydrogen-bond donors (Lipinski definition) is 2. The molecule has 20 heavy (non-hydrogen) atoms. The smallest absolute Gasteiger partial charge is 0.227 e. The largest absolute Gasteiger partial charge is 0.359 e. The van der Waals surface area contributed by atoms with E-state index in [-0.39, 0.29) is 23.4 Å². The number of nitrogens with two attached hydrogens (primary N) is 1. The SMILES string of the molecule is CNC(=O)C1(C)CCN(C(c2cc(Br)cs2)C(C)N)C1. The van der Waals surface area contributed by atoms with Gasteiger partial charge in [0.15, 0.2) is 0 Å². The van der Waals surface area contributed by atoms with Crippen LogP contribution >= 0.6 is 27.3 Å². The van der Waals surface area contributed by atoms with Gasteiger partial charge in [0.1, 0.15) is 0 Å². The lowest BCUT2D eigenvalue weighted by atomic mass is 9.89. The highest BCUT2D eigenvalue weighted by atomic mass is 79.9. The van der Waals surface area contributed by atoms with Gasteiger partial charge in [-0.1, -0.05) is 0 Å². The number of rotatable bonds is 4. The number of thiophene rings is 1. The minimum Gasteiger partial charge on any atom is -0.359 e. The second-order valence-corrected chi connectivity index (χ2v) is 7.69. The molecule has 0 aliphatic carbocycles. The zero-order valence-corrected chi connectivity index (χ0v) is 14.6. The topological polar surface area (TPSA) is 58.4 Å². The van der Waals surface area contributed by atoms with E-state index in [4.69, 9.17) is 5.73 Å². The van der Waals surface area contributed by atoms with Crippen molar-refractivity contribution < 1.29 is 4.79 Å². The standard InChI is InChI=1S/C14H22BrN3OS/c1-9(16)12(11-6-10(15)7-20-11)18-5-4-14(2,8-18)13(19)17-3/h6-7,9,12H,4-5,8,16H2,1-3H3,(H,17,19). The van der Waals surface area contributed by atoms with Crippen molar-refractivity contribution in [3.05, 3.63) is 20.8 Å². The van der Waals surface area contributed by atoms with Crippen molar-refractivity contribution in [2.24, 2.45) is 11.1 Å². The summed E-state index contributed by atoms with van der Waals surface area (Å²) in [5.41, 5.74) is 5.89. The quantitative estimate of drug-likeness (QED) is 0.867. The van der Waals surface area contributed by atoms with E-state index >= 15 is 0 Å². The molecule has 1 aliphatic heterocycles. The van der Waals surface area contributed by atoms with E-state index in [1.165, 1.54) is 4.88 Å². The van der Waals surface area contributed by atoms with E-state index in [0.717, 1.165) is 24.0 Å². The number of nitrogens with one attached hydrogen (secondary N) is 1. The molecule has 1 saturated heterocycles. The number of carbonyl (C=O) groups excluding carboxylic acids is 1. The lowest BCUT2D eigenvalue weighted by Crippen LogP contribution is -2.42. The van der Waals surface area contributed by atoms with Gasteiger partial charge in [-0.3, -0.25) is 9.69 Å². The van der Waals surface area contributed by atoms with Crippen LogP contribution in [0.3, 0.4) is 0 Å². The fourth-order valence-electron chi connectivity index (χ4n) is 2.98. The van der Waals surface area contributed by atoms with E-state index in [2.05, 4.69) is 37.6 Å². The predicted molar refractivity (Wildman–Crippen MR) is 86.8 cm³/mol. The minimum absolute atomic E-state index is 0.0348. The van der Waals surface area contributed by atoms with Gasteiger partial charge in [-0.05, 0) is 48.8 Å². The lowest BCUT2D eigenvalue weighted by molar-refractivity contribution is -0.129. The highest BCUT2D eigenvalue weighted by Crippen LogP contribution is 2.38. The summed E-state index contributed by atoms with van der Waals surface area (Å²) in [6, 6.07) is 2.35. The van der Waals surface area contributed by atoms with E-state index in [1.54, 1.807) is 18.4 Å². The van der Waals surface area contributed by atoms with Gasteiger partial charge in [-0.25, -0.2) is 0 Å². The van der Waals surface area contributed by atoms with Gasteiger partial charge >= 0.3 is 0 Å². The van der Waals surface area contributed by atoms with Gasteiger partial charge in [0, 0.05) is 34.4 Å². The Morgan fingerprint density at radius 3 is 2.85 bits per heavy atom. The van der Waals surface area contributed by atoms with Crippen molar-refractivity contribution in [3.8, 4) is 0 Å². The monoisotopic (exact) mass is 359 g/mol. The summed E-state index contributed by atoms with van der Waals surface area (Å²) in [5, 5.41) is 4.86. The first-order chi connectivity index (χ1) is 9.37. The molecule has 1 aromatic rings. The number of amides is 1. The molecule has 3 N–H and O–H groups in total. The first kappa shape index (κ1) is 15.9. The van der Waals surface area contributed by atoms with Crippen molar-refractivity contribution in [1.29, 1.82) is 0 Å². The Balaban J connectivity index is 2.19.